The van der Waals surface area contributed by atoms with Crippen molar-refractivity contribution in [2.45, 2.75) is 0 Å². The molecular formula is C44H26N6O. The molecule has 4 aromatic heterocycles. The fraction of sp³-hybridized carbons (Fsp3) is 0. The third-order valence-electron chi connectivity index (χ3n) is 9.21. The van der Waals surface area contributed by atoms with Crippen molar-refractivity contribution in [1.82, 2.24) is 29.9 Å². The van der Waals surface area contributed by atoms with Crippen molar-refractivity contribution >= 4 is 44.1 Å². The quantitative estimate of drug-likeness (QED) is 0.182. The van der Waals surface area contributed by atoms with Gasteiger partial charge in [-0.3, -0.25) is 0 Å². The van der Waals surface area contributed by atoms with Gasteiger partial charge in [-0.05, 0) is 63.4 Å². The van der Waals surface area contributed by atoms with Gasteiger partial charge in [0.1, 0.15) is 16.6 Å². The largest absolute Gasteiger partial charge is 0.436 e. The predicted molar refractivity (Wildman–Crippen MR) is 203 cm³/mol. The average molecular weight is 655 g/mol. The lowest BCUT2D eigenvalue weighted by molar-refractivity contribution is 0.655. The second kappa shape index (κ2) is 11.8. The van der Waals surface area contributed by atoms with Crippen molar-refractivity contribution in [2.75, 3.05) is 0 Å². The van der Waals surface area contributed by atoms with E-state index >= 15 is 0 Å². The Labute approximate surface area is 292 Å². The minimum Gasteiger partial charge on any atom is -0.436 e. The summed E-state index contributed by atoms with van der Waals surface area (Å²) >= 11 is 0. The first-order valence-corrected chi connectivity index (χ1v) is 16.7. The standard InChI is InChI=1S/C44H26N6O/c1-3-9-27(10-4-1)28-16-18-30(19-17-28)41-48-40(29-11-5-2-6-12-29)49-42(50-41)34-14-7-13-31(26-34)32-20-22-35-33(25-32)21-23-37-38(35)39-44(51-37)46-36-15-8-24-45-43(36)47-39/h1-26H. The molecule has 6 aromatic carbocycles. The van der Waals surface area contributed by atoms with E-state index in [4.69, 9.17) is 24.4 Å². The maximum absolute atomic E-state index is 6.14. The minimum atomic E-state index is 0.508. The molecule has 238 valence electrons. The van der Waals surface area contributed by atoms with Crippen LogP contribution in [0.3, 0.4) is 0 Å². The van der Waals surface area contributed by atoms with E-state index in [9.17, 15) is 0 Å². The van der Waals surface area contributed by atoms with E-state index in [-0.39, 0.29) is 0 Å². The third-order valence-corrected chi connectivity index (χ3v) is 9.21. The van der Waals surface area contributed by atoms with Crippen molar-refractivity contribution in [3.63, 3.8) is 0 Å². The highest BCUT2D eigenvalue weighted by atomic mass is 16.3. The molecule has 0 fully saturated rings. The zero-order valence-electron chi connectivity index (χ0n) is 27.1. The molecule has 51 heavy (non-hydrogen) atoms. The van der Waals surface area contributed by atoms with Crippen molar-refractivity contribution in [3.05, 3.63) is 158 Å². The zero-order valence-corrected chi connectivity index (χ0v) is 27.1. The molecule has 0 N–H and O–H groups in total. The summed E-state index contributed by atoms with van der Waals surface area (Å²) in [6.45, 7) is 0. The molecule has 0 spiro atoms. The van der Waals surface area contributed by atoms with E-state index in [1.807, 2.05) is 66.7 Å². The van der Waals surface area contributed by atoms with E-state index < -0.39 is 0 Å². The van der Waals surface area contributed by atoms with Crippen LogP contribution in [0.15, 0.2) is 162 Å². The van der Waals surface area contributed by atoms with E-state index in [0.717, 1.165) is 60.7 Å². The third kappa shape index (κ3) is 5.16. The van der Waals surface area contributed by atoms with Crippen molar-refractivity contribution in [1.29, 1.82) is 0 Å². The van der Waals surface area contributed by atoms with E-state index in [2.05, 4.69) is 94.9 Å². The van der Waals surface area contributed by atoms with E-state index in [1.165, 1.54) is 0 Å². The lowest BCUT2D eigenvalue weighted by Crippen LogP contribution is -2.00. The molecule has 0 saturated carbocycles. The molecule has 0 saturated heterocycles. The molecule has 0 amide bonds. The molecule has 0 atom stereocenters. The molecule has 4 heterocycles. The van der Waals surface area contributed by atoms with E-state index in [1.54, 1.807) is 6.20 Å². The summed E-state index contributed by atoms with van der Waals surface area (Å²) in [7, 11) is 0. The number of hydrogen-bond acceptors (Lipinski definition) is 7. The van der Waals surface area contributed by atoms with Gasteiger partial charge in [-0.15, -0.1) is 0 Å². The molecular weight excluding hydrogens is 629 g/mol. The Kier molecular flexibility index (Phi) is 6.67. The normalized spacial score (nSPS) is 11.5. The topological polar surface area (TPSA) is 90.5 Å². The Hall–Kier alpha value is -7.12. The van der Waals surface area contributed by atoms with Crippen molar-refractivity contribution in [2.24, 2.45) is 0 Å². The number of aromatic nitrogens is 6. The SMILES string of the molecule is c1ccc(-c2ccc(-c3nc(-c4ccccc4)nc(-c4cccc(-c5ccc6c(ccc7oc8nc9cccnc9nc8c76)c5)c4)n3)cc2)cc1. The van der Waals surface area contributed by atoms with Crippen LogP contribution in [-0.2, 0) is 0 Å². The highest BCUT2D eigenvalue weighted by Crippen LogP contribution is 2.36. The highest BCUT2D eigenvalue weighted by Gasteiger charge is 2.16. The van der Waals surface area contributed by atoms with Gasteiger partial charge in [-0.1, -0.05) is 121 Å². The second-order valence-electron chi connectivity index (χ2n) is 12.4. The number of pyridine rings is 1. The summed E-state index contributed by atoms with van der Waals surface area (Å²) in [5, 5.41) is 3.05. The summed E-state index contributed by atoms with van der Waals surface area (Å²) < 4.78 is 6.14. The van der Waals surface area contributed by atoms with Gasteiger partial charge in [0.15, 0.2) is 23.1 Å². The van der Waals surface area contributed by atoms with Crippen LogP contribution in [0.2, 0.25) is 0 Å². The highest BCUT2D eigenvalue weighted by molar-refractivity contribution is 6.18. The molecule has 10 rings (SSSR count). The van der Waals surface area contributed by atoms with Gasteiger partial charge < -0.3 is 4.42 Å². The summed E-state index contributed by atoms with van der Waals surface area (Å²) in [5.41, 5.74) is 10.5. The number of rotatable bonds is 5. The first kappa shape index (κ1) is 28.9. The first-order valence-electron chi connectivity index (χ1n) is 16.7. The first-order chi connectivity index (χ1) is 25.2. The summed E-state index contributed by atoms with van der Waals surface area (Å²) in [6, 6.07) is 51.4. The summed E-state index contributed by atoms with van der Waals surface area (Å²) in [5.74, 6) is 1.86. The van der Waals surface area contributed by atoms with Crippen molar-refractivity contribution in [3.8, 4) is 56.4 Å². The van der Waals surface area contributed by atoms with Crippen LogP contribution in [0.25, 0.3) is 101 Å². The van der Waals surface area contributed by atoms with E-state index in [0.29, 0.717) is 39.9 Å². The van der Waals surface area contributed by atoms with Crippen LogP contribution in [0, 0.1) is 0 Å². The van der Waals surface area contributed by atoms with Crippen LogP contribution in [-0.4, -0.2) is 29.9 Å². The Morgan fingerprint density at radius 1 is 0.412 bits per heavy atom. The molecule has 7 nitrogen and oxygen atoms in total. The summed E-state index contributed by atoms with van der Waals surface area (Å²) in [4.78, 5) is 28.9. The number of nitrogens with zero attached hydrogens (tertiary/aromatic N) is 6. The molecule has 0 bridgehead atoms. The van der Waals surface area contributed by atoms with Gasteiger partial charge >= 0.3 is 0 Å². The van der Waals surface area contributed by atoms with Gasteiger partial charge in [0.25, 0.3) is 0 Å². The lowest BCUT2D eigenvalue weighted by Gasteiger charge is -2.10. The Morgan fingerprint density at radius 2 is 1.02 bits per heavy atom. The predicted octanol–water partition coefficient (Wildman–Crippen LogP) is 10.6. The van der Waals surface area contributed by atoms with Crippen molar-refractivity contribution < 1.29 is 4.42 Å². The van der Waals surface area contributed by atoms with Gasteiger partial charge in [0, 0.05) is 22.9 Å². The summed E-state index contributed by atoms with van der Waals surface area (Å²) in [6.07, 6.45) is 1.73. The molecule has 0 aliphatic carbocycles. The Morgan fingerprint density at radius 3 is 1.80 bits per heavy atom. The molecule has 7 heteroatoms. The van der Waals surface area contributed by atoms with Gasteiger partial charge in [0.2, 0.25) is 5.71 Å². The average Bonchev–Trinajstić information content (AvgIpc) is 3.58. The van der Waals surface area contributed by atoms with Crippen LogP contribution in [0.5, 0.6) is 0 Å². The maximum Gasteiger partial charge on any atom is 0.247 e. The van der Waals surface area contributed by atoms with Crippen LogP contribution in [0.1, 0.15) is 0 Å². The number of hydrogen-bond donors (Lipinski definition) is 0. The van der Waals surface area contributed by atoms with Crippen LogP contribution in [0.4, 0.5) is 0 Å². The second-order valence-corrected chi connectivity index (χ2v) is 12.4. The number of benzene rings is 6. The van der Waals surface area contributed by atoms with Gasteiger partial charge in [-0.25, -0.2) is 29.9 Å². The zero-order chi connectivity index (χ0) is 33.7. The van der Waals surface area contributed by atoms with Crippen LogP contribution < -0.4 is 0 Å². The molecule has 0 unspecified atom stereocenters. The fourth-order valence-electron chi connectivity index (χ4n) is 6.67. The lowest BCUT2D eigenvalue weighted by atomic mass is 9.98. The molecule has 0 radical (unpaired) electrons. The minimum absolute atomic E-state index is 0.508. The van der Waals surface area contributed by atoms with Crippen LogP contribution >= 0.6 is 0 Å². The number of fused-ring (bicyclic) bond motifs is 6. The molecule has 0 aliphatic rings. The smallest absolute Gasteiger partial charge is 0.247 e. The fourth-order valence-corrected chi connectivity index (χ4v) is 6.67. The number of furan rings is 1. The maximum atomic E-state index is 6.14. The van der Waals surface area contributed by atoms with Gasteiger partial charge in [-0.2, -0.15) is 0 Å². The Bertz CT molecular complexity index is 2910. The molecule has 10 aromatic rings. The molecule has 0 aliphatic heterocycles. The Balaban J connectivity index is 1.06. The monoisotopic (exact) mass is 654 g/mol. The van der Waals surface area contributed by atoms with Gasteiger partial charge in [0.05, 0.1) is 5.39 Å².